The van der Waals surface area contributed by atoms with Crippen molar-refractivity contribution in [3.63, 3.8) is 0 Å². The van der Waals surface area contributed by atoms with Crippen molar-refractivity contribution in [1.29, 1.82) is 0 Å². The van der Waals surface area contributed by atoms with Crippen LogP contribution in [0.15, 0.2) is 10.6 Å². The van der Waals surface area contributed by atoms with E-state index in [1.165, 1.54) is 0 Å². The van der Waals surface area contributed by atoms with Crippen molar-refractivity contribution < 1.29 is 4.79 Å². The number of nitrogens with zero attached hydrogens (tertiary/aromatic N) is 1. The van der Waals surface area contributed by atoms with Gasteiger partial charge < -0.3 is 4.90 Å². The maximum atomic E-state index is 12.5. The highest BCUT2D eigenvalue weighted by atomic mass is 35.5. The number of hydrogen-bond donors (Lipinski definition) is 0. The van der Waals surface area contributed by atoms with Crippen molar-refractivity contribution >= 4 is 29.1 Å². The molecule has 0 radical (unpaired) electrons. The number of piperidine rings is 1. The fourth-order valence-electron chi connectivity index (χ4n) is 3.02. The SMILES string of the molecule is CC1CCN(C(=O)[C@@H]2[C@H](C=C(Cl)Cl)C2(C)C)CC1. The fourth-order valence-corrected chi connectivity index (χ4v) is 3.29. The van der Waals surface area contributed by atoms with E-state index in [1.807, 2.05) is 11.0 Å². The molecule has 4 heteroatoms. The summed E-state index contributed by atoms with van der Waals surface area (Å²) >= 11 is 11.4. The van der Waals surface area contributed by atoms with E-state index in [1.54, 1.807) is 0 Å². The molecule has 1 aliphatic heterocycles. The molecule has 1 saturated heterocycles. The van der Waals surface area contributed by atoms with Crippen LogP contribution in [0.25, 0.3) is 0 Å². The summed E-state index contributed by atoms with van der Waals surface area (Å²) in [6.07, 6.45) is 4.06. The Kier molecular flexibility index (Phi) is 3.99. The van der Waals surface area contributed by atoms with Gasteiger partial charge in [-0.3, -0.25) is 4.79 Å². The largest absolute Gasteiger partial charge is 0.342 e. The summed E-state index contributed by atoms with van der Waals surface area (Å²) in [6.45, 7) is 8.27. The maximum Gasteiger partial charge on any atom is 0.226 e. The molecule has 0 bridgehead atoms. The van der Waals surface area contributed by atoms with Crippen LogP contribution >= 0.6 is 23.2 Å². The molecule has 2 rings (SSSR count). The van der Waals surface area contributed by atoms with Gasteiger partial charge in [-0.2, -0.15) is 0 Å². The van der Waals surface area contributed by atoms with Gasteiger partial charge in [0.05, 0.1) is 5.92 Å². The first-order valence-electron chi connectivity index (χ1n) is 6.65. The van der Waals surface area contributed by atoms with E-state index in [2.05, 4.69) is 20.8 Å². The van der Waals surface area contributed by atoms with Gasteiger partial charge in [0.2, 0.25) is 5.91 Å². The number of halogens is 2. The molecule has 102 valence electrons. The predicted molar refractivity (Wildman–Crippen MR) is 75.5 cm³/mol. The summed E-state index contributed by atoms with van der Waals surface area (Å²) in [5.74, 6) is 1.27. The van der Waals surface area contributed by atoms with E-state index in [9.17, 15) is 4.79 Å². The second kappa shape index (κ2) is 5.05. The summed E-state index contributed by atoms with van der Waals surface area (Å²) in [4.78, 5) is 14.5. The van der Waals surface area contributed by atoms with Crippen LogP contribution in [-0.2, 0) is 4.79 Å². The van der Waals surface area contributed by atoms with Crippen molar-refractivity contribution in [2.75, 3.05) is 13.1 Å². The second-order valence-electron chi connectivity index (χ2n) is 6.29. The molecule has 1 amide bonds. The predicted octanol–water partition coefficient (Wildman–Crippen LogP) is 3.84. The highest BCUT2D eigenvalue weighted by Gasteiger charge is 2.61. The zero-order valence-corrected chi connectivity index (χ0v) is 12.8. The molecule has 0 spiro atoms. The smallest absolute Gasteiger partial charge is 0.226 e. The summed E-state index contributed by atoms with van der Waals surface area (Å²) in [7, 11) is 0. The van der Waals surface area contributed by atoms with Crippen LogP contribution in [0, 0.1) is 23.2 Å². The van der Waals surface area contributed by atoms with Gasteiger partial charge in [-0.25, -0.2) is 0 Å². The molecule has 0 aromatic rings. The van der Waals surface area contributed by atoms with Crippen LogP contribution in [0.1, 0.15) is 33.6 Å². The summed E-state index contributed by atoms with van der Waals surface area (Å²) < 4.78 is 0.274. The molecule has 2 nitrogen and oxygen atoms in total. The van der Waals surface area contributed by atoms with E-state index >= 15 is 0 Å². The third-order valence-corrected chi connectivity index (χ3v) is 4.83. The van der Waals surface area contributed by atoms with Crippen molar-refractivity contribution in [3.8, 4) is 0 Å². The Hall–Kier alpha value is -0.210. The molecular formula is C14H21Cl2NO. The molecule has 2 atom stereocenters. The molecule has 1 heterocycles. The number of likely N-dealkylation sites (tertiary alicyclic amines) is 1. The molecule has 1 saturated carbocycles. The molecule has 2 fully saturated rings. The molecule has 0 aromatic heterocycles. The summed E-state index contributed by atoms with van der Waals surface area (Å²) in [5.41, 5.74) is -0.00479. The lowest BCUT2D eigenvalue weighted by Crippen LogP contribution is -2.39. The molecule has 0 unspecified atom stereocenters. The van der Waals surface area contributed by atoms with Crippen LogP contribution < -0.4 is 0 Å². The number of carbonyl (C=O) groups excluding carboxylic acids is 1. The monoisotopic (exact) mass is 289 g/mol. The zero-order valence-electron chi connectivity index (χ0n) is 11.2. The van der Waals surface area contributed by atoms with Crippen LogP contribution in [0.3, 0.4) is 0 Å². The Morgan fingerprint density at radius 2 is 1.83 bits per heavy atom. The molecule has 0 N–H and O–H groups in total. The first kappa shape index (κ1) is 14.2. The van der Waals surface area contributed by atoms with Gasteiger partial charge in [-0.15, -0.1) is 0 Å². The normalized spacial score (nSPS) is 31.1. The lowest BCUT2D eigenvalue weighted by Gasteiger charge is -2.30. The highest BCUT2D eigenvalue weighted by molar-refractivity contribution is 6.55. The maximum absolute atomic E-state index is 12.5. The number of carbonyl (C=O) groups is 1. The van der Waals surface area contributed by atoms with Gasteiger partial charge in [0.15, 0.2) is 0 Å². The van der Waals surface area contributed by atoms with E-state index in [-0.39, 0.29) is 27.6 Å². The van der Waals surface area contributed by atoms with Gasteiger partial charge in [0.25, 0.3) is 0 Å². The van der Waals surface area contributed by atoms with Gasteiger partial charge in [-0.05, 0) is 36.2 Å². The Labute approximate surface area is 119 Å². The number of amides is 1. The molecular weight excluding hydrogens is 269 g/mol. The second-order valence-corrected chi connectivity index (χ2v) is 7.30. The Balaban J connectivity index is 2.00. The topological polar surface area (TPSA) is 20.3 Å². The minimum atomic E-state index is -0.00479. The average Bonchev–Trinajstić information content (AvgIpc) is 2.79. The lowest BCUT2D eigenvalue weighted by molar-refractivity contribution is -0.134. The zero-order chi connectivity index (χ0) is 13.5. The third kappa shape index (κ3) is 2.70. The quantitative estimate of drug-likeness (QED) is 0.756. The molecule has 18 heavy (non-hydrogen) atoms. The van der Waals surface area contributed by atoms with Crippen molar-refractivity contribution in [1.82, 2.24) is 4.90 Å². The third-order valence-electron chi connectivity index (χ3n) is 4.58. The molecule has 0 aromatic carbocycles. The standard InChI is InChI=1S/C14H21Cl2NO/c1-9-4-6-17(7-5-9)13(18)12-10(8-11(15)16)14(12,2)3/h8-10,12H,4-7H2,1-3H3/t10-,12-/m0/s1. The van der Waals surface area contributed by atoms with E-state index in [0.29, 0.717) is 0 Å². The van der Waals surface area contributed by atoms with Crippen LogP contribution in [0.2, 0.25) is 0 Å². The van der Waals surface area contributed by atoms with Gasteiger partial charge in [0.1, 0.15) is 4.49 Å². The van der Waals surface area contributed by atoms with Crippen LogP contribution in [-0.4, -0.2) is 23.9 Å². The van der Waals surface area contributed by atoms with E-state index in [0.717, 1.165) is 31.8 Å². The summed E-state index contributed by atoms with van der Waals surface area (Å²) in [6, 6.07) is 0. The first-order chi connectivity index (χ1) is 8.34. The van der Waals surface area contributed by atoms with Gasteiger partial charge in [-0.1, -0.05) is 44.0 Å². The molecule has 2 aliphatic rings. The highest BCUT2D eigenvalue weighted by Crippen LogP contribution is 2.60. The number of hydrogen-bond acceptors (Lipinski definition) is 1. The lowest BCUT2D eigenvalue weighted by atomic mass is 9.98. The molecule has 1 aliphatic carbocycles. The summed E-state index contributed by atoms with van der Waals surface area (Å²) in [5, 5.41) is 0. The number of allylic oxidation sites excluding steroid dienone is 1. The first-order valence-corrected chi connectivity index (χ1v) is 7.41. The van der Waals surface area contributed by atoms with Gasteiger partial charge >= 0.3 is 0 Å². The van der Waals surface area contributed by atoms with Crippen molar-refractivity contribution in [3.05, 3.63) is 10.6 Å². The van der Waals surface area contributed by atoms with E-state index < -0.39 is 0 Å². The Morgan fingerprint density at radius 1 is 1.28 bits per heavy atom. The minimum absolute atomic E-state index is 0.00479. The van der Waals surface area contributed by atoms with Crippen LogP contribution in [0.4, 0.5) is 0 Å². The minimum Gasteiger partial charge on any atom is -0.342 e. The average molecular weight is 290 g/mol. The Morgan fingerprint density at radius 3 is 2.33 bits per heavy atom. The van der Waals surface area contributed by atoms with Crippen molar-refractivity contribution in [2.24, 2.45) is 23.2 Å². The van der Waals surface area contributed by atoms with Crippen molar-refractivity contribution in [2.45, 2.75) is 33.6 Å². The van der Waals surface area contributed by atoms with E-state index in [4.69, 9.17) is 23.2 Å². The fraction of sp³-hybridized carbons (Fsp3) is 0.786. The van der Waals surface area contributed by atoms with Gasteiger partial charge in [0, 0.05) is 13.1 Å². The Bertz CT molecular complexity index is 366. The van der Waals surface area contributed by atoms with Crippen LogP contribution in [0.5, 0.6) is 0 Å². The number of rotatable bonds is 2.